The van der Waals surface area contributed by atoms with E-state index < -0.39 is 0 Å². The molecule has 7 nitrogen and oxygen atoms in total. The molecule has 114 valence electrons. The number of nitrogen functional groups attached to an aromatic ring is 1. The lowest BCUT2D eigenvalue weighted by molar-refractivity contribution is 0.302. The second kappa shape index (κ2) is 6.45. The van der Waals surface area contributed by atoms with Crippen molar-refractivity contribution in [2.75, 3.05) is 44.5 Å². The van der Waals surface area contributed by atoms with Crippen molar-refractivity contribution < 1.29 is 14.6 Å². The summed E-state index contributed by atoms with van der Waals surface area (Å²) in [6.45, 7) is 3.13. The van der Waals surface area contributed by atoms with Crippen molar-refractivity contribution in [2.45, 2.75) is 6.92 Å². The van der Waals surface area contributed by atoms with Crippen molar-refractivity contribution in [1.29, 1.82) is 0 Å². The van der Waals surface area contributed by atoms with Crippen molar-refractivity contribution in [1.82, 2.24) is 9.97 Å². The lowest BCUT2D eigenvalue weighted by Crippen LogP contribution is -2.28. The zero-order chi connectivity index (χ0) is 15.4. The first-order valence-electron chi connectivity index (χ1n) is 6.69. The van der Waals surface area contributed by atoms with Crippen LogP contribution in [-0.4, -0.2) is 49.0 Å². The highest BCUT2D eigenvalue weighted by Gasteiger charge is 2.14. The summed E-state index contributed by atoms with van der Waals surface area (Å²) in [5, 5.41) is 9.80. The standard InChI is InChI=1S/C14H20N4O3/c1-4-18(5-6-19)14-16-10-8-12(21-3)11(20-2)7-9(10)13(15)17-14/h7-8,19H,4-6H2,1-3H3,(H2,15,16,17). The van der Waals surface area contributed by atoms with Crippen molar-refractivity contribution in [2.24, 2.45) is 0 Å². The molecule has 1 aromatic carbocycles. The molecule has 7 heteroatoms. The van der Waals surface area contributed by atoms with E-state index in [1.165, 1.54) is 0 Å². The summed E-state index contributed by atoms with van der Waals surface area (Å²) < 4.78 is 10.5. The first-order chi connectivity index (χ1) is 10.1. The minimum absolute atomic E-state index is 0.0288. The molecule has 1 heterocycles. The Morgan fingerprint density at radius 1 is 1.19 bits per heavy atom. The Labute approximate surface area is 123 Å². The number of benzene rings is 1. The van der Waals surface area contributed by atoms with Gasteiger partial charge in [-0.3, -0.25) is 0 Å². The van der Waals surface area contributed by atoms with Crippen molar-refractivity contribution in [3.63, 3.8) is 0 Å². The van der Waals surface area contributed by atoms with Crippen LogP contribution in [0.3, 0.4) is 0 Å². The molecule has 2 rings (SSSR count). The molecule has 0 amide bonds. The van der Waals surface area contributed by atoms with Gasteiger partial charge in [-0.2, -0.15) is 4.98 Å². The van der Waals surface area contributed by atoms with Gasteiger partial charge >= 0.3 is 0 Å². The van der Waals surface area contributed by atoms with Crippen molar-refractivity contribution in [3.05, 3.63) is 12.1 Å². The maximum absolute atomic E-state index is 9.10. The van der Waals surface area contributed by atoms with Gasteiger partial charge in [-0.25, -0.2) is 4.98 Å². The van der Waals surface area contributed by atoms with Crippen molar-refractivity contribution in [3.8, 4) is 11.5 Å². The number of nitrogens with zero attached hydrogens (tertiary/aromatic N) is 3. The van der Waals surface area contributed by atoms with E-state index in [9.17, 15) is 0 Å². The molecule has 0 aliphatic rings. The number of ether oxygens (including phenoxy) is 2. The van der Waals surface area contributed by atoms with Crippen LogP contribution in [-0.2, 0) is 0 Å². The van der Waals surface area contributed by atoms with Gasteiger partial charge in [0.25, 0.3) is 0 Å². The Morgan fingerprint density at radius 2 is 1.86 bits per heavy atom. The van der Waals surface area contributed by atoms with Crippen molar-refractivity contribution >= 4 is 22.7 Å². The van der Waals surface area contributed by atoms with Gasteiger partial charge in [0.05, 0.1) is 26.3 Å². The fourth-order valence-electron chi connectivity index (χ4n) is 2.13. The van der Waals surface area contributed by atoms with Crippen LogP contribution in [0.5, 0.6) is 11.5 Å². The molecule has 2 aromatic rings. The number of hydrogen-bond acceptors (Lipinski definition) is 7. The molecule has 0 saturated heterocycles. The predicted molar refractivity (Wildman–Crippen MR) is 82.0 cm³/mol. The molecular weight excluding hydrogens is 272 g/mol. The summed E-state index contributed by atoms with van der Waals surface area (Å²) in [5.41, 5.74) is 6.70. The fourth-order valence-corrected chi connectivity index (χ4v) is 2.13. The smallest absolute Gasteiger partial charge is 0.227 e. The van der Waals surface area contributed by atoms with E-state index in [1.54, 1.807) is 26.4 Å². The second-order valence-electron chi connectivity index (χ2n) is 4.44. The average molecular weight is 292 g/mol. The van der Waals surface area contributed by atoms with Crippen LogP contribution in [0.2, 0.25) is 0 Å². The number of nitrogens with two attached hydrogens (primary N) is 1. The van der Waals surface area contributed by atoms with Crippen LogP contribution in [0.25, 0.3) is 10.9 Å². The minimum Gasteiger partial charge on any atom is -0.493 e. The first kappa shape index (κ1) is 15.1. The van der Waals surface area contributed by atoms with Gasteiger partial charge in [-0.05, 0) is 13.0 Å². The number of anilines is 2. The monoisotopic (exact) mass is 292 g/mol. The summed E-state index contributed by atoms with van der Waals surface area (Å²) in [6, 6.07) is 3.53. The van der Waals surface area contributed by atoms with Crippen LogP contribution >= 0.6 is 0 Å². The topological polar surface area (TPSA) is 93.7 Å². The van der Waals surface area contributed by atoms with E-state index in [4.69, 9.17) is 20.3 Å². The molecule has 0 aliphatic carbocycles. The number of likely N-dealkylation sites (N-methyl/N-ethyl adjacent to an activating group) is 1. The third kappa shape index (κ3) is 2.92. The van der Waals surface area contributed by atoms with E-state index in [1.807, 2.05) is 11.8 Å². The largest absolute Gasteiger partial charge is 0.493 e. The maximum atomic E-state index is 9.10. The molecule has 0 saturated carbocycles. The Hall–Kier alpha value is -2.28. The molecule has 3 N–H and O–H groups in total. The van der Waals surface area contributed by atoms with Gasteiger partial charge in [0.2, 0.25) is 5.95 Å². The van der Waals surface area contributed by atoms with E-state index in [2.05, 4.69) is 9.97 Å². The van der Waals surface area contributed by atoms with E-state index in [-0.39, 0.29) is 6.61 Å². The summed E-state index contributed by atoms with van der Waals surface area (Å²) in [6.07, 6.45) is 0. The first-order valence-corrected chi connectivity index (χ1v) is 6.69. The zero-order valence-corrected chi connectivity index (χ0v) is 12.5. The lowest BCUT2D eigenvalue weighted by atomic mass is 10.2. The number of rotatable bonds is 6. The molecule has 1 aromatic heterocycles. The van der Waals surface area contributed by atoms with Crippen LogP contribution in [0, 0.1) is 0 Å². The Bertz CT molecular complexity index is 633. The number of aromatic nitrogens is 2. The van der Waals surface area contributed by atoms with Gasteiger partial charge in [-0.1, -0.05) is 0 Å². The van der Waals surface area contributed by atoms with Gasteiger partial charge in [-0.15, -0.1) is 0 Å². The van der Waals surface area contributed by atoms with Gasteiger partial charge in [0.1, 0.15) is 5.82 Å². The molecule has 0 aliphatic heterocycles. The number of hydrogen-bond donors (Lipinski definition) is 2. The minimum atomic E-state index is 0.0288. The third-order valence-electron chi connectivity index (χ3n) is 3.25. The van der Waals surface area contributed by atoms with Gasteiger partial charge in [0, 0.05) is 24.5 Å². The van der Waals surface area contributed by atoms with Crippen LogP contribution in [0.1, 0.15) is 6.92 Å². The summed E-state index contributed by atoms with van der Waals surface area (Å²) in [7, 11) is 3.13. The summed E-state index contributed by atoms with van der Waals surface area (Å²) in [4.78, 5) is 10.7. The highest BCUT2D eigenvalue weighted by atomic mass is 16.5. The number of aliphatic hydroxyl groups is 1. The zero-order valence-electron chi connectivity index (χ0n) is 12.5. The average Bonchev–Trinajstić information content (AvgIpc) is 2.51. The van der Waals surface area contributed by atoms with E-state index in [0.717, 1.165) is 0 Å². The Balaban J connectivity index is 2.58. The predicted octanol–water partition coefficient (Wildman–Crippen LogP) is 1.05. The normalized spacial score (nSPS) is 10.7. The maximum Gasteiger partial charge on any atom is 0.227 e. The number of methoxy groups -OCH3 is 2. The lowest BCUT2D eigenvalue weighted by Gasteiger charge is -2.20. The van der Waals surface area contributed by atoms with Crippen LogP contribution in [0.4, 0.5) is 11.8 Å². The van der Waals surface area contributed by atoms with E-state index >= 15 is 0 Å². The Kier molecular flexibility index (Phi) is 4.64. The summed E-state index contributed by atoms with van der Waals surface area (Å²) in [5.74, 6) is 2.02. The molecule has 0 unspecified atom stereocenters. The molecule has 0 bridgehead atoms. The van der Waals surface area contributed by atoms with Crippen LogP contribution < -0.4 is 20.1 Å². The quantitative estimate of drug-likeness (QED) is 0.821. The molecule has 0 radical (unpaired) electrons. The van der Waals surface area contributed by atoms with Crippen LogP contribution in [0.15, 0.2) is 12.1 Å². The second-order valence-corrected chi connectivity index (χ2v) is 4.44. The summed E-state index contributed by atoms with van der Waals surface area (Å²) >= 11 is 0. The fraction of sp³-hybridized carbons (Fsp3) is 0.429. The third-order valence-corrected chi connectivity index (χ3v) is 3.25. The molecule has 0 spiro atoms. The molecule has 0 fully saturated rings. The Morgan fingerprint density at radius 3 is 2.43 bits per heavy atom. The number of aliphatic hydroxyl groups excluding tert-OH is 1. The highest BCUT2D eigenvalue weighted by Crippen LogP contribution is 2.33. The SMILES string of the molecule is CCN(CCO)c1nc(N)c2cc(OC)c(OC)cc2n1. The van der Waals surface area contributed by atoms with Gasteiger partial charge in [0.15, 0.2) is 11.5 Å². The number of fused-ring (bicyclic) bond motifs is 1. The molecular formula is C14H20N4O3. The molecule has 21 heavy (non-hydrogen) atoms. The highest BCUT2D eigenvalue weighted by molar-refractivity contribution is 5.91. The van der Waals surface area contributed by atoms with Gasteiger partial charge < -0.3 is 25.2 Å². The van der Waals surface area contributed by atoms with E-state index in [0.29, 0.717) is 47.3 Å². The molecule has 0 atom stereocenters.